The minimum absolute atomic E-state index is 0.000998. The van der Waals surface area contributed by atoms with Crippen LogP contribution in [0.1, 0.15) is 99.3 Å². The lowest BCUT2D eigenvalue weighted by Gasteiger charge is -2.49. The van der Waals surface area contributed by atoms with Gasteiger partial charge in [0.15, 0.2) is 17.3 Å². The van der Waals surface area contributed by atoms with E-state index in [0.717, 1.165) is 66.1 Å². The van der Waals surface area contributed by atoms with Gasteiger partial charge in [-0.15, -0.1) is 0 Å². The van der Waals surface area contributed by atoms with Gasteiger partial charge >= 0.3 is 0 Å². The summed E-state index contributed by atoms with van der Waals surface area (Å²) in [6.07, 6.45) is 7.10. The van der Waals surface area contributed by atoms with E-state index in [-0.39, 0.29) is 29.6 Å². The largest absolute Gasteiger partial charge is 0.508 e. The zero-order chi connectivity index (χ0) is 35.6. The number of phenolic OH excluding ortho intramolecular Hbond substituents is 2. The van der Waals surface area contributed by atoms with Gasteiger partial charge in [-0.05, 0) is 139 Å². The first-order valence-electron chi connectivity index (χ1n) is 18.9. The predicted octanol–water partition coefficient (Wildman–Crippen LogP) is 6.51. The number of hydrogen-bond donors (Lipinski definition) is 5. The topological polar surface area (TPSA) is 136 Å². The molecule has 3 fully saturated rings. The number of aliphatic hydroxyl groups excluding tert-OH is 2. The SMILES string of the molecule is COc1cc2c(cc1O)C(CCC(O)c1ccc3cc(O)ccc3c1)C#CC(C(O)CCC1CCC3C(CNC4CC(=O)CCC43)C1)C(=O)CC2. The molecule has 4 aliphatic rings. The number of aryl methyl sites for hydroxylation is 1. The maximum atomic E-state index is 13.6. The van der Waals surface area contributed by atoms with E-state index in [1.165, 1.54) is 13.5 Å². The maximum absolute atomic E-state index is 13.6. The summed E-state index contributed by atoms with van der Waals surface area (Å²) in [6, 6.07) is 14.6. The second kappa shape index (κ2) is 15.4. The number of aromatic hydroxyl groups is 2. The maximum Gasteiger partial charge on any atom is 0.160 e. The molecule has 9 atom stereocenters. The predicted molar refractivity (Wildman–Crippen MR) is 196 cm³/mol. The van der Waals surface area contributed by atoms with Gasteiger partial charge in [0, 0.05) is 31.2 Å². The van der Waals surface area contributed by atoms with Crippen LogP contribution in [0.3, 0.4) is 0 Å². The number of carbonyl (C=O) groups excluding carboxylic acids is 2. The summed E-state index contributed by atoms with van der Waals surface area (Å²) in [7, 11) is 1.50. The summed E-state index contributed by atoms with van der Waals surface area (Å²) >= 11 is 0. The molecule has 1 heterocycles. The molecule has 0 radical (unpaired) electrons. The van der Waals surface area contributed by atoms with Gasteiger partial charge in [0.25, 0.3) is 0 Å². The van der Waals surface area contributed by atoms with Gasteiger partial charge in [-0.1, -0.05) is 36.5 Å². The van der Waals surface area contributed by atoms with Crippen LogP contribution in [0.5, 0.6) is 17.2 Å². The normalized spacial score (nSPS) is 28.9. The lowest BCUT2D eigenvalue weighted by atomic mass is 9.61. The first kappa shape index (κ1) is 35.5. The Balaban J connectivity index is 1.04. The third kappa shape index (κ3) is 7.82. The highest BCUT2D eigenvalue weighted by molar-refractivity contribution is 5.85. The van der Waals surface area contributed by atoms with Crippen molar-refractivity contribution in [2.75, 3.05) is 13.7 Å². The van der Waals surface area contributed by atoms with Crippen LogP contribution in [0.15, 0.2) is 48.5 Å². The Labute approximate surface area is 300 Å². The zero-order valence-corrected chi connectivity index (χ0v) is 29.5. The van der Waals surface area contributed by atoms with E-state index in [0.29, 0.717) is 73.4 Å². The molecule has 3 aliphatic carbocycles. The van der Waals surface area contributed by atoms with Gasteiger partial charge in [0.1, 0.15) is 17.5 Å². The van der Waals surface area contributed by atoms with Crippen molar-refractivity contribution >= 4 is 22.3 Å². The van der Waals surface area contributed by atoms with E-state index in [1.54, 1.807) is 24.3 Å². The Morgan fingerprint density at radius 2 is 1.71 bits per heavy atom. The molecule has 0 bridgehead atoms. The van der Waals surface area contributed by atoms with E-state index in [9.17, 15) is 30.0 Å². The van der Waals surface area contributed by atoms with Crippen molar-refractivity contribution in [3.05, 3.63) is 65.2 Å². The number of nitrogens with one attached hydrogen (secondary N) is 1. The molecule has 5 N–H and O–H groups in total. The third-order valence-electron chi connectivity index (χ3n) is 12.5. The minimum Gasteiger partial charge on any atom is -0.508 e. The summed E-state index contributed by atoms with van der Waals surface area (Å²) in [5, 5.41) is 48.9. The zero-order valence-electron chi connectivity index (χ0n) is 29.5. The van der Waals surface area contributed by atoms with Crippen LogP contribution >= 0.6 is 0 Å². The van der Waals surface area contributed by atoms with Gasteiger partial charge in [-0.25, -0.2) is 0 Å². The van der Waals surface area contributed by atoms with Gasteiger partial charge < -0.3 is 30.5 Å². The number of ketones is 2. The fourth-order valence-electron chi connectivity index (χ4n) is 9.67. The summed E-state index contributed by atoms with van der Waals surface area (Å²) in [5.74, 6) is 8.59. The minimum atomic E-state index is -0.867. The highest BCUT2D eigenvalue weighted by Gasteiger charge is 2.44. The molecule has 51 heavy (non-hydrogen) atoms. The van der Waals surface area contributed by atoms with E-state index < -0.39 is 18.1 Å². The van der Waals surface area contributed by atoms with Crippen LogP contribution in [0.4, 0.5) is 0 Å². The number of piperidine rings is 1. The second-order valence-corrected chi connectivity index (χ2v) is 15.6. The van der Waals surface area contributed by atoms with Crippen LogP contribution in [0, 0.1) is 41.4 Å². The van der Waals surface area contributed by atoms with Crippen molar-refractivity contribution in [2.24, 2.45) is 29.6 Å². The lowest BCUT2D eigenvalue weighted by molar-refractivity contribution is -0.124. The Kier molecular flexibility index (Phi) is 10.7. The lowest BCUT2D eigenvalue weighted by Crippen LogP contribution is -2.54. The average Bonchev–Trinajstić information content (AvgIpc) is 3.19. The van der Waals surface area contributed by atoms with Crippen LogP contribution in [0.25, 0.3) is 10.8 Å². The van der Waals surface area contributed by atoms with Crippen molar-refractivity contribution in [3.63, 3.8) is 0 Å². The first-order valence-corrected chi connectivity index (χ1v) is 18.9. The molecule has 2 saturated carbocycles. The molecular weight excluding hydrogens is 642 g/mol. The van der Waals surface area contributed by atoms with Crippen LogP contribution < -0.4 is 10.1 Å². The van der Waals surface area contributed by atoms with Gasteiger partial charge in [0.05, 0.1) is 19.3 Å². The molecule has 0 amide bonds. The number of fused-ring (bicyclic) bond motifs is 5. The van der Waals surface area contributed by atoms with Crippen LogP contribution in [0.2, 0.25) is 0 Å². The molecule has 3 aromatic carbocycles. The highest BCUT2D eigenvalue weighted by atomic mass is 16.5. The molecule has 8 heteroatoms. The quantitative estimate of drug-likeness (QED) is 0.160. The molecule has 8 nitrogen and oxygen atoms in total. The van der Waals surface area contributed by atoms with E-state index in [2.05, 4.69) is 17.2 Å². The number of benzene rings is 3. The Morgan fingerprint density at radius 3 is 2.55 bits per heavy atom. The summed E-state index contributed by atoms with van der Waals surface area (Å²) in [5.41, 5.74) is 2.44. The second-order valence-electron chi connectivity index (χ2n) is 15.6. The fourth-order valence-corrected chi connectivity index (χ4v) is 9.67. The molecule has 270 valence electrons. The molecule has 0 aromatic heterocycles. The standard InChI is InChI=1S/C43H51NO7/c1-51-43-21-29-9-17-41(49)36(40(48)15-3-25-2-12-34-31(18-25)24-44-38-22-33(46)11-14-35(34)38)13-7-26(37(29)23-42(43)50)8-16-39(47)30-5-4-28-20-32(45)10-6-27(28)19-30/h4-6,10,19-21,23,25-26,31,34-36,38-40,44-45,47-48,50H,2-3,8-9,11-12,14-18,22,24H2,1H3. The van der Waals surface area contributed by atoms with E-state index in [1.807, 2.05) is 24.3 Å². The molecule has 0 spiro atoms. The number of phenols is 2. The van der Waals surface area contributed by atoms with Gasteiger partial charge in [-0.2, -0.15) is 0 Å². The summed E-state index contributed by atoms with van der Waals surface area (Å²) < 4.78 is 5.40. The number of hydrogen-bond acceptors (Lipinski definition) is 8. The fraction of sp³-hybridized carbons (Fsp3) is 0.535. The van der Waals surface area contributed by atoms with Gasteiger partial charge in [0.2, 0.25) is 0 Å². The summed E-state index contributed by atoms with van der Waals surface area (Å²) in [4.78, 5) is 25.7. The van der Waals surface area contributed by atoms with E-state index >= 15 is 0 Å². The number of carbonyl (C=O) groups is 2. The van der Waals surface area contributed by atoms with Crippen molar-refractivity contribution in [1.29, 1.82) is 0 Å². The number of aliphatic hydroxyl groups is 2. The number of Topliss-reactive ketones (excluding diaryl/α,β-unsaturated/α-hetero) is 2. The molecular formula is C43H51NO7. The molecule has 9 unspecified atom stereocenters. The number of ether oxygens (including phenoxy) is 1. The Hall–Kier alpha value is -3.90. The van der Waals surface area contributed by atoms with Crippen molar-refractivity contribution < 1.29 is 34.8 Å². The number of methoxy groups -OCH3 is 1. The highest BCUT2D eigenvalue weighted by Crippen LogP contribution is 2.46. The van der Waals surface area contributed by atoms with Crippen LogP contribution in [-0.4, -0.2) is 57.8 Å². The average molecular weight is 694 g/mol. The monoisotopic (exact) mass is 693 g/mol. The van der Waals surface area contributed by atoms with Gasteiger partial charge in [-0.3, -0.25) is 9.59 Å². The Bertz CT molecular complexity index is 1830. The molecule has 7 rings (SSSR count). The van der Waals surface area contributed by atoms with Crippen molar-refractivity contribution in [3.8, 4) is 29.1 Å². The Morgan fingerprint density at radius 1 is 0.882 bits per heavy atom. The van der Waals surface area contributed by atoms with E-state index in [4.69, 9.17) is 4.74 Å². The molecule has 1 aliphatic heterocycles. The molecule has 1 saturated heterocycles. The van der Waals surface area contributed by atoms with Crippen molar-refractivity contribution in [2.45, 2.75) is 101 Å². The number of rotatable bonds is 9. The summed E-state index contributed by atoms with van der Waals surface area (Å²) in [6.45, 7) is 0.965. The molecule has 3 aromatic rings. The van der Waals surface area contributed by atoms with Crippen LogP contribution in [-0.2, 0) is 16.0 Å². The van der Waals surface area contributed by atoms with Crippen molar-refractivity contribution in [1.82, 2.24) is 5.32 Å². The smallest absolute Gasteiger partial charge is 0.160 e. The first-order chi connectivity index (χ1) is 24.7. The third-order valence-corrected chi connectivity index (χ3v) is 12.5.